The number of piperidine rings is 1. The Hall–Kier alpha value is -0.0551. The Kier molecular flexibility index (Phi) is 2.69. The van der Waals surface area contributed by atoms with Crippen molar-refractivity contribution in [3.8, 4) is 0 Å². The van der Waals surface area contributed by atoms with Crippen LogP contribution in [0.15, 0.2) is 0 Å². The van der Waals surface area contributed by atoms with Gasteiger partial charge in [0.1, 0.15) is 0 Å². The summed E-state index contributed by atoms with van der Waals surface area (Å²) in [5.41, 5.74) is 0.188. The molecule has 3 nitrogen and oxygen atoms in total. The van der Waals surface area contributed by atoms with E-state index >= 15 is 0 Å². The van der Waals surface area contributed by atoms with Crippen molar-refractivity contribution >= 4 is 7.12 Å². The lowest BCUT2D eigenvalue weighted by Gasteiger charge is -2.32. The molecule has 2 heterocycles. The average molecular weight is 251 g/mol. The first-order chi connectivity index (χ1) is 8.26. The molecule has 0 radical (unpaired) electrons. The fourth-order valence-corrected chi connectivity index (χ4v) is 3.46. The van der Waals surface area contributed by atoms with Crippen LogP contribution >= 0.6 is 0 Å². The number of likely N-dealkylation sites (tertiary alicyclic amines) is 1. The van der Waals surface area contributed by atoms with Crippen molar-refractivity contribution < 1.29 is 9.31 Å². The van der Waals surface area contributed by atoms with Gasteiger partial charge in [-0.15, -0.1) is 0 Å². The van der Waals surface area contributed by atoms with E-state index < -0.39 is 0 Å². The van der Waals surface area contributed by atoms with Crippen molar-refractivity contribution in [2.45, 2.75) is 64.0 Å². The first kappa shape index (κ1) is 13.0. The molecule has 0 bridgehead atoms. The Morgan fingerprint density at radius 1 is 1.00 bits per heavy atom. The number of hydrogen-bond donors (Lipinski definition) is 0. The van der Waals surface area contributed by atoms with Crippen LogP contribution in [0.5, 0.6) is 0 Å². The van der Waals surface area contributed by atoms with Crippen LogP contribution in [0, 0.1) is 5.41 Å². The predicted octanol–water partition coefficient (Wildman–Crippen LogP) is 2.56. The fraction of sp³-hybridized carbons (Fsp3) is 1.00. The summed E-state index contributed by atoms with van der Waals surface area (Å²) in [5.74, 6) is 0.632. The van der Waals surface area contributed by atoms with E-state index in [0.29, 0.717) is 11.2 Å². The summed E-state index contributed by atoms with van der Waals surface area (Å²) in [5, 5.41) is 0. The Labute approximate surface area is 111 Å². The van der Waals surface area contributed by atoms with Crippen LogP contribution in [-0.4, -0.2) is 43.4 Å². The Morgan fingerprint density at radius 2 is 1.50 bits per heavy atom. The highest BCUT2D eigenvalue weighted by atomic mass is 16.7. The second kappa shape index (κ2) is 3.74. The third kappa shape index (κ3) is 1.84. The second-order valence-corrected chi connectivity index (χ2v) is 7.60. The van der Waals surface area contributed by atoms with Crippen molar-refractivity contribution in [2.24, 2.45) is 5.41 Å². The Bertz CT molecular complexity index is 332. The lowest BCUT2D eigenvalue weighted by molar-refractivity contribution is 0.00578. The molecule has 3 fully saturated rings. The van der Waals surface area contributed by atoms with Crippen LogP contribution in [0.3, 0.4) is 0 Å². The lowest BCUT2D eigenvalue weighted by Crippen LogP contribution is -2.41. The summed E-state index contributed by atoms with van der Waals surface area (Å²) in [6.07, 6.45) is 3.94. The minimum Gasteiger partial charge on any atom is -0.403 e. The highest BCUT2D eigenvalue weighted by Gasteiger charge is 2.66. The highest BCUT2D eigenvalue weighted by molar-refractivity contribution is 6.49. The zero-order chi connectivity index (χ0) is 13.2. The Balaban J connectivity index is 1.66. The topological polar surface area (TPSA) is 21.7 Å². The van der Waals surface area contributed by atoms with Gasteiger partial charge >= 0.3 is 7.12 Å². The molecule has 0 amide bonds. The fourth-order valence-electron chi connectivity index (χ4n) is 3.46. The van der Waals surface area contributed by atoms with Crippen LogP contribution in [-0.2, 0) is 9.31 Å². The molecule has 2 saturated heterocycles. The monoisotopic (exact) mass is 251 g/mol. The standard InChI is InChI=1S/C14H26BNO2/c1-12(2)13(3,4)18-15(17-12)11-10-14(11)6-8-16(5)9-7-14/h11H,6-10H2,1-5H3. The zero-order valence-electron chi connectivity index (χ0n) is 12.5. The SMILES string of the molecule is CN1CCC2(CC1)CC2B1OC(C)(C)C(C)(C)O1. The highest BCUT2D eigenvalue weighted by Crippen LogP contribution is 2.67. The van der Waals surface area contributed by atoms with Crippen LogP contribution in [0.1, 0.15) is 47.0 Å². The molecule has 3 rings (SSSR count). The van der Waals surface area contributed by atoms with Crippen LogP contribution in [0.2, 0.25) is 5.82 Å². The largest absolute Gasteiger partial charge is 0.461 e. The van der Waals surface area contributed by atoms with E-state index in [1.807, 2.05) is 0 Å². The molecule has 0 N–H and O–H groups in total. The van der Waals surface area contributed by atoms with E-state index in [1.54, 1.807) is 0 Å². The maximum Gasteiger partial charge on any atom is 0.461 e. The number of rotatable bonds is 1. The molecule has 18 heavy (non-hydrogen) atoms. The van der Waals surface area contributed by atoms with Crippen molar-refractivity contribution in [1.82, 2.24) is 4.90 Å². The molecule has 0 aromatic heterocycles. The maximum absolute atomic E-state index is 6.21. The van der Waals surface area contributed by atoms with Crippen LogP contribution in [0.25, 0.3) is 0 Å². The van der Waals surface area contributed by atoms with E-state index in [2.05, 4.69) is 39.6 Å². The van der Waals surface area contributed by atoms with Gasteiger partial charge in [-0.05, 0) is 72.5 Å². The van der Waals surface area contributed by atoms with Gasteiger partial charge in [-0.3, -0.25) is 0 Å². The molecule has 102 valence electrons. The van der Waals surface area contributed by atoms with Gasteiger partial charge in [-0.1, -0.05) is 0 Å². The van der Waals surface area contributed by atoms with E-state index in [-0.39, 0.29) is 18.3 Å². The second-order valence-electron chi connectivity index (χ2n) is 7.60. The molecule has 0 aromatic rings. The summed E-state index contributed by atoms with van der Waals surface area (Å²) in [6.45, 7) is 11.1. The summed E-state index contributed by atoms with van der Waals surface area (Å²) < 4.78 is 12.4. The van der Waals surface area contributed by atoms with E-state index in [0.717, 1.165) is 0 Å². The zero-order valence-corrected chi connectivity index (χ0v) is 12.5. The first-order valence-electron chi connectivity index (χ1n) is 7.30. The quantitative estimate of drug-likeness (QED) is 0.668. The van der Waals surface area contributed by atoms with Crippen LogP contribution < -0.4 is 0 Å². The number of nitrogens with zero attached hydrogens (tertiary/aromatic N) is 1. The van der Waals surface area contributed by atoms with Gasteiger partial charge < -0.3 is 14.2 Å². The van der Waals surface area contributed by atoms with Gasteiger partial charge in [0.05, 0.1) is 11.2 Å². The van der Waals surface area contributed by atoms with Gasteiger partial charge in [0.15, 0.2) is 0 Å². The van der Waals surface area contributed by atoms with Gasteiger partial charge in [-0.2, -0.15) is 0 Å². The summed E-state index contributed by atoms with van der Waals surface area (Å²) in [7, 11) is 2.25. The molecule has 2 aliphatic heterocycles. The third-order valence-electron chi connectivity index (χ3n) is 5.84. The molecule has 4 heteroatoms. The molecule has 1 saturated carbocycles. The van der Waals surface area contributed by atoms with Gasteiger partial charge in [0.25, 0.3) is 0 Å². The summed E-state index contributed by atoms with van der Waals surface area (Å²) in [6, 6.07) is 0. The summed E-state index contributed by atoms with van der Waals surface area (Å²) >= 11 is 0. The molecule has 1 unspecified atom stereocenters. The molecular weight excluding hydrogens is 225 g/mol. The lowest BCUT2D eigenvalue weighted by atomic mass is 9.74. The average Bonchev–Trinajstić information content (AvgIpc) is 2.90. The number of hydrogen-bond acceptors (Lipinski definition) is 3. The maximum atomic E-state index is 6.21. The van der Waals surface area contributed by atoms with Gasteiger partial charge in [0.2, 0.25) is 0 Å². The normalized spacial score (nSPS) is 37.2. The molecule has 3 aliphatic rings. The molecule has 1 atom stereocenters. The van der Waals surface area contributed by atoms with E-state index in [4.69, 9.17) is 9.31 Å². The molecule has 1 spiro atoms. The molecular formula is C14H26BNO2. The first-order valence-corrected chi connectivity index (χ1v) is 7.30. The van der Waals surface area contributed by atoms with Crippen molar-refractivity contribution in [1.29, 1.82) is 0 Å². The van der Waals surface area contributed by atoms with Gasteiger partial charge in [0, 0.05) is 5.82 Å². The van der Waals surface area contributed by atoms with Crippen LogP contribution in [0.4, 0.5) is 0 Å². The smallest absolute Gasteiger partial charge is 0.403 e. The Morgan fingerprint density at radius 3 is 2.00 bits per heavy atom. The van der Waals surface area contributed by atoms with Crippen molar-refractivity contribution in [3.05, 3.63) is 0 Å². The minimum absolute atomic E-state index is 0.0263. The van der Waals surface area contributed by atoms with Crippen molar-refractivity contribution in [3.63, 3.8) is 0 Å². The summed E-state index contributed by atoms with van der Waals surface area (Å²) in [4.78, 5) is 2.44. The van der Waals surface area contributed by atoms with Crippen molar-refractivity contribution in [2.75, 3.05) is 20.1 Å². The van der Waals surface area contributed by atoms with Gasteiger partial charge in [-0.25, -0.2) is 0 Å². The third-order valence-corrected chi connectivity index (χ3v) is 5.84. The molecule has 0 aromatic carbocycles. The predicted molar refractivity (Wildman–Crippen MR) is 73.6 cm³/mol. The van der Waals surface area contributed by atoms with E-state index in [9.17, 15) is 0 Å². The molecule has 1 aliphatic carbocycles. The minimum atomic E-state index is -0.174. The van der Waals surface area contributed by atoms with E-state index in [1.165, 1.54) is 32.4 Å².